The third-order valence-electron chi connectivity index (χ3n) is 5.01. The summed E-state index contributed by atoms with van der Waals surface area (Å²) in [6, 6.07) is 6.24. The molecule has 1 aliphatic rings. The molecule has 142 valence electrons. The lowest BCUT2D eigenvalue weighted by Crippen LogP contribution is -3.13. The first-order chi connectivity index (χ1) is 12.9. The van der Waals surface area contributed by atoms with Crippen molar-refractivity contribution in [2.45, 2.75) is 31.9 Å². The maximum atomic E-state index is 11.0. The van der Waals surface area contributed by atoms with Crippen LogP contribution in [0.3, 0.4) is 0 Å². The normalized spacial score (nSPS) is 21.4. The Morgan fingerprint density at radius 1 is 1.33 bits per heavy atom. The van der Waals surface area contributed by atoms with E-state index >= 15 is 0 Å². The number of thiazole rings is 1. The standard InChI is InChI=1S/C17H19N5O4S/c1-10-18-17-21(19-10)16(24)15(27-17)14(20-8-6-13(23)7-9-20)11-2-4-12(5-3-11)22(25)26/h2-5,13-14,23-24H,6-9H2,1H3/p+1/t14-/m1/s1. The van der Waals surface area contributed by atoms with Crippen LogP contribution in [-0.4, -0.2) is 48.9 Å². The van der Waals surface area contributed by atoms with Crippen molar-refractivity contribution < 1.29 is 20.0 Å². The van der Waals surface area contributed by atoms with E-state index in [-0.39, 0.29) is 23.7 Å². The number of nitrogens with one attached hydrogen (secondary N) is 1. The fourth-order valence-corrected chi connectivity index (χ4v) is 4.85. The molecule has 0 saturated carbocycles. The third kappa shape index (κ3) is 3.27. The van der Waals surface area contributed by atoms with Crippen molar-refractivity contribution in [2.24, 2.45) is 0 Å². The van der Waals surface area contributed by atoms with E-state index in [1.54, 1.807) is 19.1 Å². The van der Waals surface area contributed by atoms with Crippen LogP contribution in [0.2, 0.25) is 0 Å². The van der Waals surface area contributed by atoms with E-state index in [0.717, 1.165) is 23.5 Å². The molecule has 0 unspecified atom stereocenters. The van der Waals surface area contributed by atoms with E-state index in [1.165, 1.54) is 32.9 Å². The summed E-state index contributed by atoms with van der Waals surface area (Å²) in [5.41, 5.74) is 0.910. The highest BCUT2D eigenvalue weighted by Gasteiger charge is 2.35. The molecule has 0 aliphatic carbocycles. The smallest absolute Gasteiger partial charge is 0.269 e. The van der Waals surface area contributed by atoms with Gasteiger partial charge in [-0.3, -0.25) is 10.1 Å². The zero-order chi connectivity index (χ0) is 19.1. The average Bonchev–Trinajstić information content (AvgIpc) is 3.15. The number of hydrogen-bond acceptors (Lipinski definition) is 7. The van der Waals surface area contributed by atoms with Gasteiger partial charge in [-0.25, -0.2) is 4.98 Å². The first-order valence-corrected chi connectivity index (χ1v) is 9.57. The molecule has 9 nitrogen and oxygen atoms in total. The van der Waals surface area contributed by atoms with E-state index in [9.17, 15) is 20.3 Å². The lowest BCUT2D eigenvalue weighted by molar-refractivity contribution is -0.931. The van der Waals surface area contributed by atoms with Gasteiger partial charge in [0.25, 0.3) is 5.69 Å². The van der Waals surface area contributed by atoms with Crippen LogP contribution in [0.15, 0.2) is 24.3 Å². The molecule has 1 atom stereocenters. The zero-order valence-electron chi connectivity index (χ0n) is 14.7. The Hall–Kier alpha value is -2.56. The number of hydrogen-bond donors (Lipinski definition) is 3. The number of quaternary nitrogens is 1. The van der Waals surface area contributed by atoms with E-state index in [4.69, 9.17) is 0 Å². The van der Waals surface area contributed by atoms with Gasteiger partial charge < -0.3 is 15.1 Å². The number of piperidine rings is 1. The number of aromatic hydroxyl groups is 1. The van der Waals surface area contributed by atoms with Crippen molar-refractivity contribution in [3.63, 3.8) is 0 Å². The van der Waals surface area contributed by atoms with Crippen molar-refractivity contribution in [3.05, 3.63) is 50.6 Å². The van der Waals surface area contributed by atoms with Gasteiger partial charge in [-0.2, -0.15) is 4.52 Å². The summed E-state index contributed by atoms with van der Waals surface area (Å²) in [4.78, 5) is 17.4. The fourth-order valence-electron chi connectivity index (χ4n) is 3.66. The number of fused-ring (bicyclic) bond motifs is 1. The van der Waals surface area contributed by atoms with E-state index < -0.39 is 4.92 Å². The molecule has 1 saturated heterocycles. The van der Waals surface area contributed by atoms with Gasteiger partial charge in [0.1, 0.15) is 10.7 Å². The number of non-ortho nitro benzene ring substituents is 1. The number of nitrogens with zero attached hydrogens (tertiary/aromatic N) is 4. The molecule has 0 spiro atoms. The van der Waals surface area contributed by atoms with Crippen LogP contribution in [-0.2, 0) is 0 Å². The largest absolute Gasteiger partial charge is 0.492 e. The van der Waals surface area contributed by atoms with E-state index in [1.807, 2.05) is 0 Å². The Morgan fingerprint density at radius 3 is 2.59 bits per heavy atom. The van der Waals surface area contributed by atoms with Crippen molar-refractivity contribution in [2.75, 3.05) is 13.1 Å². The Bertz CT molecular complexity index is 975. The molecule has 1 fully saturated rings. The average molecular weight is 390 g/mol. The van der Waals surface area contributed by atoms with Crippen LogP contribution in [0, 0.1) is 17.0 Å². The van der Waals surface area contributed by atoms with Gasteiger partial charge in [0, 0.05) is 30.5 Å². The predicted octanol–water partition coefficient (Wildman–Crippen LogP) is 0.842. The van der Waals surface area contributed by atoms with Crippen LogP contribution < -0.4 is 4.90 Å². The number of aliphatic hydroxyl groups is 1. The maximum absolute atomic E-state index is 11.0. The van der Waals surface area contributed by atoms with Crippen molar-refractivity contribution in [3.8, 4) is 5.88 Å². The SMILES string of the molecule is Cc1nc2sc([C@@H](c3ccc([N+](=O)[O-])cc3)[NH+]3CCC(O)CC3)c(O)n2n1. The fraction of sp³-hybridized carbons (Fsp3) is 0.412. The second kappa shape index (κ2) is 6.87. The highest BCUT2D eigenvalue weighted by atomic mass is 32.1. The first-order valence-electron chi connectivity index (χ1n) is 8.76. The number of aromatic nitrogens is 3. The zero-order valence-corrected chi connectivity index (χ0v) is 15.5. The minimum atomic E-state index is -0.424. The van der Waals surface area contributed by atoms with Gasteiger partial charge in [-0.05, 0) is 19.1 Å². The number of aliphatic hydroxyl groups excluding tert-OH is 1. The second-order valence-corrected chi connectivity index (χ2v) is 7.82. The maximum Gasteiger partial charge on any atom is 0.269 e. The molecule has 0 radical (unpaired) electrons. The van der Waals surface area contributed by atoms with E-state index in [0.29, 0.717) is 23.6 Å². The van der Waals surface area contributed by atoms with Gasteiger partial charge in [-0.15, -0.1) is 5.10 Å². The molecule has 10 heteroatoms. The number of nitro groups is 1. The van der Waals surface area contributed by atoms with Crippen LogP contribution in [0.1, 0.15) is 35.1 Å². The second-order valence-electron chi connectivity index (χ2n) is 6.81. The predicted molar refractivity (Wildman–Crippen MR) is 98.1 cm³/mol. The van der Waals surface area contributed by atoms with Crippen molar-refractivity contribution in [1.29, 1.82) is 0 Å². The van der Waals surface area contributed by atoms with Crippen LogP contribution in [0.4, 0.5) is 5.69 Å². The van der Waals surface area contributed by atoms with Gasteiger partial charge in [0.05, 0.1) is 24.1 Å². The van der Waals surface area contributed by atoms with Gasteiger partial charge >= 0.3 is 0 Å². The molecule has 1 aliphatic heterocycles. The molecule has 3 heterocycles. The Labute approximate surface area is 158 Å². The molecular weight excluding hydrogens is 370 g/mol. The summed E-state index contributed by atoms with van der Waals surface area (Å²) < 4.78 is 1.44. The van der Waals surface area contributed by atoms with Crippen molar-refractivity contribution >= 4 is 22.0 Å². The molecule has 3 aromatic rings. The highest BCUT2D eigenvalue weighted by Crippen LogP contribution is 2.35. The molecule has 0 bridgehead atoms. The van der Waals surface area contributed by atoms with Crippen LogP contribution in [0.25, 0.3) is 4.96 Å². The number of benzene rings is 1. The molecule has 27 heavy (non-hydrogen) atoms. The first kappa shape index (κ1) is 17.8. The number of rotatable bonds is 4. The Kier molecular flexibility index (Phi) is 4.54. The highest BCUT2D eigenvalue weighted by molar-refractivity contribution is 7.17. The number of likely N-dealkylation sites (tertiary alicyclic amines) is 1. The molecule has 4 rings (SSSR count). The molecule has 1 aromatic carbocycles. The minimum Gasteiger partial charge on any atom is -0.492 e. The van der Waals surface area contributed by atoms with Gasteiger partial charge in [0.2, 0.25) is 10.8 Å². The summed E-state index contributed by atoms with van der Waals surface area (Å²) in [7, 11) is 0. The number of aryl methyl sites for hydroxylation is 1. The summed E-state index contributed by atoms with van der Waals surface area (Å²) in [5, 5.41) is 35.8. The summed E-state index contributed by atoms with van der Waals surface area (Å²) in [6.45, 7) is 3.26. The molecular formula is C17H20N5O4S+. The summed E-state index contributed by atoms with van der Waals surface area (Å²) >= 11 is 1.37. The third-order valence-corrected chi connectivity index (χ3v) is 6.10. The van der Waals surface area contributed by atoms with Gasteiger partial charge in [0.15, 0.2) is 6.04 Å². The monoisotopic (exact) mass is 390 g/mol. The number of nitro benzene ring substituents is 1. The summed E-state index contributed by atoms with van der Waals surface area (Å²) in [5.74, 6) is 0.640. The summed E-state index contributed by atoms with van der Waals surface area (Å²) in [6.07, 6.45) is 1.06. The van der Waals surface area contributed by atoms with Crippen LogP contribution in [0.5, 0.6) is 5.88 Å². The van der Waals surface area contributed by atoms with Gasteiger partial charge in [-0.1, -0.05) is 11.3 Å². The lowest BCUT2D eigenvalue weighted by atomic mass is 9.99. The molecule has 3 N–H and O–H groups in total. The molecule has 2 aromatic heterocycles. The van der Waals surface area contributed by atoms with Crippen molar-refractivity contribution in [1.82, 2.24) is 14.6 Å². The molecule has 0 amide bonds. The minimum absolute atomic E-state index is 0.0315. The lowest BCUT2D eigenvalue weighted by Gasteiger charge is -2.32. The Morgan fingerprint density at radius 2 is 2.00 bits per heavy atom. The van der Waals surface area contributed by atoms with E-state index in [2.05, 4.69) is 10.1 Å². The Balaban J connectivity index is 1.78. The topological polar surface area (TPSA) is 118 Å². The van der Waals surface area contributed by atoms with Crippen LogP contribution >= 0.6 is 11.3 Å². The quantitative estimate of drug-likeness (QED) is 0.449.